The van der Waals surface area contributed by atoms with Crippen molar-refractivity contribution in [2.75, 3.05) is 13.2 Å². The first-order chi connectivity index (χ1) is 15.6. The van der Waals surface area contributed by atoms with Crippen LogP contribution in [0.2, 0.25) is 0 Å². The van der Waals surface area contributed by atoms with Crippen LogP contribution in [0, 0.1) is 6.92 Å². The number of para-hydroxylation sites is 1. The van der Waals surface area contributed by atoms with Crippen LogP contribution in [0.25, 0.3) is 22.0 Å². The third-order valence-electron chi connectivity index (χ3n) is 5.57. The van der Waals surface area contributed by atoms with E-state index in [1.807, 2.05) is 80.7 Å². The number of aryl methyl sites for hydroxylation is 1. The van der Waals surface area contributed by atoms with Gasteiger partial charge in [0.05, 0.1) is 24.8 Å². The van der Waals surface area contributed by atoms with Crippen LogP contribution < -0.4 is 10.1 Å². The van der Waals surface area contributed by atoms with Crippen molar-refractivity contribution in [1.82, 2.24) is 10.3 Å². The number of H-pyrrole nitrogens is 1. The molecule has 5 nitrogen and oxygen atoms in total. The Hall–Kier alpha value is -3.57. The maximum absolute atomic E-state index is 13.2. The summed E-state index contributed by atoms with van der Waals surface area (Å²) < 4.78 is 5.72. The molecule has 1 unspecified atom stereocenters. The number of carbonyl (C=O) groups excluding carboxylic acids is 1. The average Bonchev–Trinajstić information content (AvgIpc) is 3.22. The van der Waals surface area contributed by atoms with Gasteiger partial charge in [0.15, 0.2) is 0 Å². The van der Waals surface area contributed by atoms with Gasteiger partial charge in [0, 0.05) is 17.1 Å². The Labute approximate surface area is 188 Å². The molecule has 0 bridgehead atoms. The van der Waals surface area contributed by atoms with Gasteiger partial charge in [-0.05, 0) is 55.2 Å². The van der Waals surface area contributed by atoms with Crippen LogP contribution in [0.15, 0.2) is 72.9 Å². The lowest BCUT2D eigenvalue weighted by molar-refractivity contribution is 0.0913. The largest absolute Gasteiger partial charge is 0.493 e. The van der Waals surface area contributed by atoms with E-state index in [4.69, 9.17) is 4.74 Å². The highest BCUT2D eigenvalue weighted by Crippen LogP contribution is 2.28. The van der Waals surface area contributed by atoms with Crippen molar-refractivity contribution in [3.63, 3.8) is 0 Å². The van der Waals surface area contributed by atoms with E-state index in [0.717, 1.165) is 33.2 Å². The van der Waals surface area contributed by atoms with Gasteiger partial charge in [0.1, 0.15) is 5.75 Å². The topological polar surface area (TPSA) is 74.3 Å². The number of rotatable bonds is 8. The molecule has 1 aromatic heterocycles. The van der Waals surface area contributed by atoms with Crippen molar-refractivity contribution in [2.24, 2.45) is 0 Å². The van der Waals surface area contributed by atoms with Gasteiger partial charge in [-0.3, -0.25) is 4.79 Å². The molecule has 0 saturated heterocycles. The lowest BCUT2D eigenvalue weighted by Gasteiger charge is -2.18. The Morgan fingerprint density at radius 3 is 2.66 bits per heavy atom. The monoisotopic (exact) mass is 428 g/mol. The van der Waals surface area contributed by atoms with Gasteiger partial charge in [0.2, 0.25) is 0 Å². The van der Waals surface area contributed by atoms with Crippen molar-refractivity contribution >= 4 is 16.8 Å². The van der Waals surface area contributed by atoms with Crippen molar-refractivity contribution in [1.29, 1.82) is 0 Å². The Balaban J connectivity index is 1.59. The van der Waals surface area contributed by atoms with E-state index in [1.165, 1.54) is 0 Å². The second-order valence-corrected chi connectivity index (χ2v) is 7.93. The Morgan fingerprint density at radius 1 is 1.06 bits per heavy atom. The molecule has 1 amide bonds. The molecule has 0 aliphatic carbocycles. The second-order valence-electron chi connectivity index (χ2n) is 7.93. The molecule has 5 heteroatoms. The molecular weight excluding hydrogens is 400 g/mol. The molecule has 1 heterocycles. The minimum atomic E-state index is -0.418. The molecule has 1 atom stereocenters. The summed E-state index contributed by atoms with van der Waals surface area (Å²) in [5, 5.41) is 14.1. The van der Waals surface area contributed by atoms with E-state index in [-0.39, 0.29) is 12.5 Å². The first-order valence-corrected chi connectivity index (χ1v) is 10.9. The number of fused-ring (bicyclic) bond motifs is 1. The first kappa shape index (κ1) is 21.7. The van der Waals surface area contributed by atoms with Gasteiger partial charge in [-0.2, -0.15) is 0 Å². The van der Waals surface area contributed by atoms with Gasteiger partial charge in [-0.25, -0.2) is 0 Å². The fraction of sp³-hybridized carbons (Fsp3) is 0.222. The minimum Gasteiger partial charge on any atom is -0.493 e. The maximum Gasteiger partial charge on any atom is 0.255 e. The number of hydrogen-bond acceptors (Lipinski definition) is 3. The number of aliphatic hydroxyl groups is 1. The molecule has 32 heavy (non-hydrogen) atoms. The van der Waals surface area contributed by atoms with Crippen molar-refractivity contribution in [3.05, 3.63) is 89.6 Å². The summed E-state index contributed by atoms with van der Waals surface area (Å²) in [5.74, 6) is 0.270. The number of hydrogen-bond donors (Lipinski definition) is 3. The molecule has 0 saturated carbocycles. The molecule has 0 fully saturated rings. The highest BCUT2D eigenvalue weighted by atomic mass is 16.5. The Bertz CT molecular complexity index is 1230. The Morgan fingerprint density at radius 2 is 1.88 bits per heavy atom. The standard InChI is InChI=1S/C27H28N2O3/c1-3-32-26-12-11-20(19-8-6-7-18(2)13-19)15-24(26)27(31)29-22(17-30)14-21-16-28-25-10-5-4-9-23(21)25/h4-13,15-16,22,28,30H,3,14,17H2,1-2H3,(H,29,31). The highest BCUT2D eigenvalue weighted by Gasteiger charge is 2.19. The third-order valence-corrected chi connectivity index (χ3v) is 5.57. The predicted octanol–water partition coefficient (Wildman–Crippen LogP) is 4.88. The summed E-state index contributed by atoms with van der Waals surface area (Å²) in [6.07, 6.45) is 2.46. The predicted molar refractivity (Wildman–Crippen MR) is 128 cm³/mol. The maximum atomic E-state index is 13.2. The van der Waals surface area contributed by atoms with E-state index < -0.39 is 6.04 Å². The van der Waals surface area contributed by atoms with E-state index in [1.54, 1.807) is 0 Å². The fourth-order valence-electron chi connectivity index (χ4n) is 3.98. The van der Waals surface area contributed by atoms with Crippen molar-refractivity contribution in [2.45, 2.75) is 26.3 Å². The van der Waals surface area contributed by atoms with Crippen LogP contribution in [-0.4, -0.2) is 35.3 Å². The number of aliphatic hydroxyl groups excluding tert-OH is 1. The number of ether oxygens (including phenoxy) is 1. The van der Waals surface area contributed by atoms with Gasteiger partial charge in [-0.1, -0.05) is 54.1 Å². The zero-order valence-corrected chi connectivity index (χ0v) is 18.4. The quantitative estimate of drug-likeness (QED) is 0.375. The molecule has 3 N–H and O–H groups in total. The van der Waals surface area contributed by atoms with Crippen LogP contribution >= 0.6 is 0 Å². The summed E-state index contributed by atoms with van der Waals surface area (Å²) in [4.78, 5) is 16.5. The van der Waals surface area contributed by atoms with Gasteiger partial charge < -0.3 is 20.1 Å². The van der Waals surface area contributed by atoms with Crippen LogP contribution in [0.1, 0.15) is 28.4 Å². The summed E-state index contributed by atoms with van der Waals surface area (Å²) in [6.45, 7) is 4.24. The van der Waals surface area contributed by atoms with E-state index in [9.17, 15) is 9.90 Å². The fourth-order valence-corrected chi connectivity index (χ4v) is 3.98. The van der Waals surface area contributed by atoms with Crippen LogP contribution in [0.3, 0.4) is 0 Å². The number of benzene rings is 3. The molecule has 4 aromatic rings. The third kappa shape index (κ3) is 4.68. The molecule has 4 rings (SSSR count). The highest BCUT2D eigenvalue weighted by molar-refractivity contribution is 5.98. The van der Waals surface area contributed by atoms with E-state index in [2.05, 4.69) is 16.4 Å². The number of amides is 1. The van der Waals surface area contributed by atoms with Crippen molar-refractivity contribution < 1.29 is 14.6 Å². The van der Waals surface area contributed by atoms with E-state index in [0.29, 0.717) is 24.3 Å². The minimum absolute atomic E-state index is 0.160. The molecule has 0 aliphatic rings. The zero-order chi connectivity index (χ0) is 22.5. The average molecular weight is 429 g/mol. The van der Waals surface area contributed by atoms with Gasteiger partial charge in [0.25, 0.3) is 5.91 Å². The normalized spacial score (nSPS) is 12.0. The molecule has 164 valence electrons. The molecule has 3 aromatic carbocycles. The van der Waals surface area contributed by atoms with Gasteiger partial charge in [-0.15, -0.1) is 0 Å². The smallest absolute Gasteiger partial charge is 0.255 e. The lowest BCUT2D eigenvalue weighted by atomic mass is 10.00. The summed E-state index contributed by atoms with van der Waals surface area (Å²) >= 11 is 0. The molecular formula is C27H28N2O3. The summed E-state index contributed by atoms with van der Waals surface area (Å²) in [5.41, 5.74) is 5.69. The second kappa shape index (κ2) is 9.71. The number of aromatic nitrogens is 1. The van der Waals surface area contributed by atoms with Crippen LogP contribution in [0.4, 0.5) is 0 Å². The van der Waals surface area contributed by atoms with E-state index >= 15 is 0 Å². The van der Waals surface area contributed by atoms with Crippen LogP contribution in [0.5, 0.6) is 5.75 Å². The van der Waals surface area contributed by atoms with Crippen LogP contribution in [-0.2, 0) is 6.42 Å². The zero-order valence-electron chi connectivity index (χ0n) is 18.4. The number of carbonyl (C=O) groups is 1. The number of aromatic amines is 1. The summed E-state index contributed by atoms with van der Waals surface area (Å²) in [6, 6.07) is 21.4. The molecule has 0 aliphatic heterocycles. The lowest BCUT2D eigenvalue weighted by Crippen LogP contribution is -2.39. The SMILES string of the molecule is CCOc1ccc(-c2cccc(C)c2)cc1C(=O)NC(CO)Cc1c[nH]c2ccccc12. The molecule has 0 radical (unpaired) electrons. The van der Waals surface area contributed by atoms with Crippen molar-refractivity contribution in [3.8, 4) is 16.9 Å². The number of nitrogens with one attached hydrogen (secondary N) is 2. The summed E-state index contributed by atoms with van der Waals surface area (Å²) in [7, 11) is 0. The Kier molecular flexibility index (Phi) is 6.57. The first-order valence-electron chi connectivity index (χ1n) is 10.9. The van der Waals surface area contributed by atoms with Gasteiger partial charge >= 0.3 is 0 Å². The molecule has 0 spiro atoms.